The predicted molar refractivity (Wildman–Crippen MR) is 75.7 cm³/mol. The molecule has 8 heteroatoms. The van der Waals surface area contributed by atoms with Gasteiger partial charge in [-0.1, -0.05) is 11.6 Å². The summed E-state index contributed by atoms with van der Waals surface area (Å²) in [5.41, 5.74) is -1.10. The molecule has 1 N–H and O–H groups in total. The van der Waals surface area contributed by atoms with Gasteiger partial charge in [0.2, 0.25) is 0 Å². The number of anilines is 1. The highest BCUT2D eigenvalue weighted by molar-refractivity contribution is 9.10. The molecule has 1 aromatic carbocycles. The first kappa shape index (κ1) is 15.7. The van der Waals surface area contributed by atoms with Crippen molar-refractivity contribution < 1.29 is 14.5 Å². The lowest BCUT2D eigenvalue weighted by Gasteiger charge is -2.19. The number of halogens is 2. The highest BCUT2D eigenvalue weighted by atomic mass is 79.9. The average molecular weight is 352 g/mol. The van der Waals surface area contributed by atoms with Crippen LogP contribution < -0.4 is 5.32 Å². The van der Waals surface area contributed by atoms with Gasteiger partial charge in [0, 0.05) is 4.47 Å². The van der Waals surface area contributed by atoms with Crippen molar-refractivity contribution in [3.63, 3.8) is 0 Å². The van der Waals surface area contributed by atoms with Crippen molar-refractivity contribution in [3.8, 4) is 0 Å². The molecule has 6 nitrogen and oxygen atoms in total. The Balaban J connectivity index is 3.05. The summed E-state index contributed by atoms with van der Waals surface area (Å²) in [6.07, 6.45) is -0.783. The van der Waals surface area contributed by atoms with Gasteiger partial charge >= 0.3 is 11.8 Å². The summed E-state index contributed by atoms with van der Waals surface area (Å²) >= 11 is 8.91. The number of nitro groups is 1. The molecule has 1 rings (SSSR count). The van der Waals surface area contributed by atoms with Crippen LogP contribution in [-0.2, 0) is 4.74 Å². The smallest absolute Gasteiger partial charge is 0.412 e. The number of ether oxygens (including phenoxy) is 1. The Morgan fingerprint density at radius 1 is 1.47 bits per heavy atom. The van der Waals surface area contributed by atoms with Gasteiger partial charge in [-0.15, -0.1) is 0 Å². The third kappa shape index (κ3) is 4.36. The lowest BCUT2D eigenvalue weighted by atomic mass is 10.2. The maximum Gasteiger partial charge on any atom is 0.412 e. The zero-order chi connectivity index (χ0) is 14.8. The first-order valence-corrected chi connectivity index (χ1v) is 6.41. The van der Waals surface area contributed by atoms with Crippen LogP contribution in [-0.4, -0.2) is 16.6 Å². The summed E-state index contributed by atoms with van der Waals surface area (Å²) < 4.78 is 5.39. The Labute approximate surface area is 123 Å². The molecule has 0 aromatic heterocycles. The van der Waals surface area contributed by atoms with E-state index in [1.165, 1.54) is 12.1 Å². The minimum atomic E-state index is -0.783. The molecule has 0 spiro atoms. The van der Waals surface area contributed by atoms with Crippen molar-refractivity contribution >= 4 is 45.0 Å². The number of nitrogens with one attached hydrogen (secondary N) is 1. The van der Waals surface area contributed by atoms with E-state index in [1.807, 2.05) is 0 Å². The Bertz CT molecular complexity index is 528. The summed E-state index contributed by atoms with van der Waals surface area (Å²) in [5.74, 6) is 0. The Kier molecular flexibility index (Phi) is 4.75. The Morgan fingerprint density at radius 3 is 2.53 bits per heavy atom. The molecule has 19 heavy (non-hydrogen) atoms. The predicted octanol–water partition coefficient (Wildman–Crippen LogP) is 4.36. The van der Waals surface area contributed by atoms with Crippen LogP contribution in [0.5, 0.6) is 0 Å². The van der Waals surface area contributed by atoms with E-state index in [-0.39, 0.29) is 16.4 Å². The van der Waals surface area contributed by atoms with Gasteiger partial charge in [-0.25, -0.2) is 4.79 Å². The second-order valence-corrected chi connectivity index (χ2v) is 5.87. The van der Waals surface area contributed by atoms with Crippen LogP contribution in [0.15, 0.2) is 16.6 Å². The molecule has 0 unspecified atom stereocenters. The highest BCUT2D eigenvalue weighted by Crippen LogP contribution is 2.38. The molecule has 0 saturated carbocycles. The molecular formula is C11H12BrClN2O4. The van der Waals surface area contributed by atoms with E-state index in [1.54, 1.807) is 20.8 Å². The number of nitro benzene ring substituents is 1. The standard InChI is InChI=1S/C11H12BrClN2O4/c1-11(2,3)19-10(16)14-7-5-4-6(12)8(13)9(7)15(17)18/h4-5H,1-3H3,(H,14,16). The summed E-state index contributed by atoms with van der Waals surface area (Å²) in [4.78, 5) is 21.9. The van der Waals surface area contributed by atoms with E-state index in [0.717, 1.165) is 0 Å². The summed E-state index contributed by atoms with van der Waals surface area (Å²) in [5, 5.41) is 13.2. The average Bonchev–Trinajstić information content (AvgIpc) is 2.20. The number of amides is 1. The SMILES string of the molecule is CC(C)(C)OC(=O)Nc1ccc(Br)c(Cl)c1[N+](=O)[O-]. The fourth-order valence-corrected chi connectivity index (χ4v) is 1.79. The maximum absolute atomic E-state index is 11.6. The van der Waals surface area contributed by atoms with Crippen molar-refractivity contribution in [2.45, 2.75) is 26.4 Å². The van der Waals surface area contributed by atoms with Crippen LogP contribution >= 0.6 is 27.5 Å². The molecule has 0 heterocycles. The largest absolute Gasteiger partial charge is 0.444 e. The lowest BCUT2D eigenvalue weighted by molar-refractivity contribution is -0.383. The fourth-order valence-electron chi connectivity index (χ4n) is 1.23. The van der Waals surface area contributed by atoms with Crippen molar-refractivity contribution in [1.29, 1.82) is 0 Å². The molecule has 1 aromatic rings. The third-order valence-corrected chi connectivity index (χ3v) is 3.16. The summed E-state index contributed by atoms with van der Waals surface area (Å²) in [6, 6.07) is 2.88. The Hall–Kier alpha value is -1.34. The minimum Gasteiger partial charge on any atom is -0.444 e. The number of rotatable bonds is 2. The quantitative estimate of drug-likeness (QED) is 0.634. The molecule has 104 valence electrons. The second-order valence-electron chi connectivity index (χ2n) is 4.64. The fraction of sp³-hybridized carbons (Fsp3) is 0.364. The van der Waals surface area contributed by atoms with Gasteiger partial charge < -0.3 is 4.74 Å². The van der Waals surface area contributed by atoms with Crippen molar-refractivity contribution in [2.75, 3.05) is 5.32 Å². The van der Waals surface area contributed by atoms with Crippen molar-refractivity contribution in [1.82, 2.24) is 0 Å². The molecule has 0 bridgehead atoms. The van der Waals surface area contributed by atoms with E-state index in [2.05, 4.69) is 21.2 Å². The number of carbonyl (C=O) groups is 1. The van der Waals surface area contributed by atoms with E-state index < -0.39 is 16.6 Å². The topological polar surface area (TPSA) is 81.5 Å². The van der Waals surface area contributed by atoms with Crippen LogP contribution in [0.4, 0.5) is 16.2 Å². The Morgan fingerprint density at radius 2 is 2.05 bits per heavy atom. The zero-order valence-corrected chi connectivity index (χ0v) is 12.8. The van der Waals surface area contributed by atoms with Gasteiger partial charge in [-0.2, -0.15) is 0 Å². The molecule has 0 aliphatic heterocycles. The first-order chi connectivity index (χ1) is 8.61. The van der Waals surface area contributed by atoms with E-state index in [0.29, 0.717) is 4.47 Å². The van der Waals surface area contributed by atoms with Gasteiger partial charge in [-0.3, -0.25) is 15.4 Å². The number of hydrogen-bond acceptors (Lipinski definition) is 4. The molecule has 0 fully saturated rings. The van der Waals surface area contributed by atoms with Gasteiger partial charge in [-0.05, 0) is 48.8 Å². The van der Waals surface area contributed by atoms with Gasteiger partial charge in [0.25, 0.3) is 0 Å². The monoisotopic (exact) mass is 350 g/mol. The second kappa shape index (κ2) is 5.75. The number of hydrogen-bond donors (Lipinski definition) is 1. The molecule has 0 radical (unpaired) electrons. The van der Waals surface area contributed by atoms with Gasteiger partial charge in [0.05, 0.1) is 4.92 Å². The molecular weight excluding hydrogens is 339 g/mol. The highest BCUT2D eigenvalue weighted by Gasteiger charge is 2.24. The van der Waals surface area contributed by atoms with Crippen molar-refractivity contribution in [2.24, 2.45) is 0 Å². The number of benzene rings is 1. The minimum absolute atomic E-state index is 0.0209. The molecule has 0 atom stereocenters. The molecule has 0 aliphatic rings. The van der Waals surface area contributed by atoms with E-state index in [4.69, 9.17) is 16.3 Å². The van der Waals surface area contributed by atoms with Gasteiger partial charge in [0.1, 0.15) is 16.3 Å². The number of nitrogens with zero attached hydrogens (tertiary/aromatic N) is 1. The molecule has 0 aliphatic carbocycles. The van der Waals surface area contributed by atoms with Crippen LogP contribution in [0.25, 0.3) is 0 Å². The van der Waals surface area contributed by atoms with Crippen LogP contribution in [0.1, 0.15) is 20.8 Å². The maximum atomic E-state index is 11.6. The van der Waals surface area contributed by atoms with Crippen molar-refractivity contribution in [3.05, 3.63) is 31.7 Å². The molecule has 0 saturated heterocycles. The normalized spacial score (nSPS) is 11.0. The number of carbonyl (C=O) groups excluding carboxylic acids is 1. The summed E-state index contributed by atoms with van der Waals surface area (Å²) in [7, 11) is 0. The van der Waals surface area contributed by atoms with Gasteiger partial charge in [0.15, 0.2) is 0 Å². The summed E-state index contributed by atoms with van der Waals surface area (Å²) in [6.45, 7) is 5.07. The van der Waals surface area contributed by atoms with E-state index in [9.17, 15) is 14.9 Å². The van der Waals surface area contributed by atoms with Crippen LogP contribution in [0.3, 0.4) is 0 Å². The third-order valence-electron chi connectivity index (χ3n) is 1.89. The lowest BCUT2D eigenvalue weighted by Crippen LogP contribution is -2.27. The molecule has 1 amide bonds. The first-order valence-electron chi connectivity index (χ1n) is 5.24. The van der Waals surface area contributed by atoms with Crippen LogP contribution in [0.2, 0.25) is 5.02 Å². The van der Waals surface area contributed by atoms with E-state index >= 15 is 0 Å². The van der Waals surface area contributed by atoms with Crippen LogP contribution in [0, 0.1) is 10.1 Å². The zero-order valence-electron chi connectivity index (χ0n) is 10.5.